The summed E-state index contributed by atoms with van der Waals surface area (Å²) in [6.45, 7) is 0.596. The average molecular weight is 328 g/mol. The Kier molecular flexibility index (Phi) is 3.46. The maximum absolute atomic E-state index is 13.0. The second kappa shape index (κ2) is 5.53. The first kappa shape index (κ1) is 15.0. The molecule has 1 aliphatic rings. The Labute approximate surface area is 137 Å². The van der Waals surface area contributed by atoms with Crippen molar-refractivity contribution in [1.29, 1.82) is 0 Å². The molecule has 0 saturated carbocycles. The summed E-state index contributed by atoms with van der Waals surface area (Å²) in [4.78, 5) is 0. The zero-order valence-electron chi connectivity index (χ0n) is 12.7. The van der Waals surface area contributed by atoms with E-state index in [4.69, 9.17) is 0 Å². The Bertz CT molecular complexity index is 880. The molecule has 0 radical (unpaired) electrons. The molecule has 1 N–H and O–H groups in total. The minimum Gasteiger partial charge on any atom is -0.319 e. The summed E-state index contributed by atoms with van der Waals surface area (Å²) in [5.74, 6) is 0. The Morgan fingerprint density at radius 2 is 1.79 bits per heavy atom. The summed E-state index contributed by atoms with van der Waals surface area (Å²) in [5, 5.41) is 3.39. The lowest BCUT2D eigenvalue weighted by Gasteiger charge is -2.19. The second-order valence-corrected chi connectivity index (χ2v) is 5.87. The van der Waals surface area contributed by atoms with Gasteiger partial charge in [-0.15, -0.1) is 0 Å². The highest BCUT2D eigenvalue weighted by molar-refractivity contribution is 5.47. The van der Waals surface area contributed by atoms with Gasteiger partial charge in [0, 0.05) is 24.1 Å². The molecular formula is C19H15F3N2. The Hall–Kier alpha value is -2.53. The molecule has 24 heavy (non-hydrogen) atoms. The van der Waals surface area contributed by atoms with Crippen LogP contribution in [0.1, 0.15) is 28.4 Å². The highest BCUT2D eigenvalue weighted by atomic mass is 19.4. The molecular weight excluding hydrogens is 313 g/mol. The Balaban J connectivity index is 1.82. The first-order valence-electron chi connectivity index (χ1n) is 7.70. The molecule has 2 heterocycles. The summed E-state index contributed by atoms with van der Waals surface area (Å²) in [5.41, 5.74) is 3.09. The van der Waals surface area contributed by atoms with Gasteiger partial charge in [0.05, 0.1) is 11.6 Å². The number of aromatic nitrogens is 1. The van der Waals surface area contributed by atoms with E-state index in [0.717, 1.165) is 23.0 Å². The third-order valence-electron chi connectivity index (χ3n) is 4.37. The van der Waals surface area contributed by atoms with E-state index >= 15 is 0 Å². The van der Waals surface area contributed by atoms with E-state index in [2.05, 4.69) is 5.32 Å². The summed E-state index contributed by atoms with van der Waals surface area (Å²) in [6, 6.07) is 17.1. The molecule has 0 spiro atoms. The van der Waals surface area contributed by atoms with Crippen LogP contribution < -0.4 is 5.32 Å². The van der Waals surface area contributed by atoms with Gasteiger partial charge in [0.25, 0.3) is 0 Å². The molecule has 0 fully saturated rings. The molecule has 3 aromatic rings. The molecule has 2 aromatic carbocycles. The van der Waals surface area contributed by atoms with Crippen molar-refractivity contribution in [3.63, 3.8) is 0 Å². The van der Waals surface area contributed by atoms with Crippen molar-refractivity contribution in [2.24, 2.45) is 0 Å². The lowest BCUT2D eigenvalue weighted by atomic mass is 10.0. The van der Waals surface area contributed by atoms with Crippen LogP contribution in [0.4, 0.5) is 13.2 Å². The van der Waals surface area contributed by atoms with Gasteiger partial charge in [0.2, 0.25) is 0 Å². The summed E-state index contributed by atoms with van der Waals surface area (Å²) in [7, 11) is 0. The first-order chi connectivity index (χ1) is 11.5. The van der Waals surface area contributed by atoms with E-state index in [0.29, 0.717) is 12.1 Å². The van der Waals surface area contributed by atoms with Gasteiger partial charge < -0.3 is 9.88 Å². The normalized spacial score (nSPS) is 17.0. The van der Waals surface area contributed by atoms with Crippen LogP contribution in [0.15, 0.2) is 66.9 Å². The molecule has 0 unspecified atom stereocenters. The van der Waals surface area contributed by atoms with E-state index < -0.39 is 11.7 Å². The van der Waals surface area contributed by atoms with Crippen molar-refractivity contribution in [3.8, 4) is 5.69 Å². The van der Waals surface area contributed by atoms with E-state index in [1.165, 1.54) is 12.1 Å². The van der Waals surface area contributed by atoms with Gasteiger partial charge in [0.15, 0.2) is 0 Å². The van der Waals surface area contributed by atoms with E-state index in [-0.39, 0.29) is 6.04 Å². The van der Waals surface area contributed by atoms with Gasteiger partial charge in [0.1, 0.15) is 0 Å². The molecule has 4 rings (SSSR count). The number of fused-ring (bicyclic) bond motifs is 3. The molecule has 0 saturated heterocycles. The van der Waals surface area contributed by atoms with Crippen molar-refractivity contribution >= 4 is 0 Å². The van der Waals surface area contributed by atoms with Gasteiger partial charge in [-0.1, -0.05) is 30.3 Å². The highest BCUT2D eigenvalue weighted by Gasteiger charge is 2.31. The van der Waals surface area contributed by atoms with E-state index in [1.807, 2.05) is 47.2 Å². The SMILES string of the molecule is FC(F)(F)c1cccc([C@@H]2NCc3ccccc3-n3cccc32)c1. The smallest absolute Gasteiger partial charge is 0.319 e. The van der Waals surface area contributed by atoms with Gasteiger partial charge in [-0.3, -0.25) is 0 Å². The number of halogens is 3. The predicted octanol–water partition coefficient (Wildman–Crippen LogP) is 4.69. The number of nitrogens with zero attached hydrogens (tertiary/aromatic N) is 1. The molecule has 0 aliphatic carbocycles. The van der Waals surface area contributed by atoms with Crippen LogP contribution in [0.5, 0.6) is 0 Å². The number of benzene rings is 2. The molecule has 2 nitrogen and oxygen atoms in total. The van der Waals surface area contributed by atoms with Crippen LogP contribution in [0.2, 0.25) is 0 Å². The van der Waals surface area contributed by atoms with Gasteiger partial charge in [-0.05, 0) is 41.5 Å². The third-order valence-corrected chi connectivity index (χ3v) is 4.37. The molecule has 1 aromatic heterocycles. The molecule has 0 amide bonds. The standard InChI is InChI=1S/C19H15F3N2/c20-19(21,22)15-7-3-6-13(11-15)18-17-9-4-10-24(17)16-8-2-1-5-14(16)12-23-18/h1-11,18,23H,12H2/t18-/m0/s1. The first-order valence-corrected chi connectivity index (χ1v) is 7.70. The maximum atomic E-state index is 13.0. The highest BCUT2D eigenvalue weighted by Crippen LogP contribution is 2.34. The number of rotatable bonds is 1. The van der Waals surface area contributed by atoms with Crippen molar-refractivity contribution in [3.05, 3.63) is 89.2 Å². The fraction of sp³-hybridized carbons (Fsp3) is 0.158. The number of hydrogen-bond donors (Lipinski definition) is 1. The van der Waals surface area contributed by atoms with Crippen LogP contribution in [0.3, 0.4) is 0 Å². The summed E-state index contributed by atoms with van der Waals surface area (Å²) >= 11 is 0. The maximum Gasteiger partial charge on any atom is 0.416 e. The van der Waals surface area contributed by atoms with E-state index in [1.54, 1.807) is 6.07 Å². The summed E-state index contributed by atoms with van der Waals surface area (Å²) < 4.78 is 41.2. The van der Waals surface area contributed by atoms with Crippen LogP contribution in [-0.4, -0.2) is 4.57 Å². The number of alkyl halides is 3. The Morgan fingerprint density at radius 3 is 2.62 bits per heavy atom. The van der Waals surface area contributed by atoms with Gasteiger partial charge in [-0.25, -0.2) is 0 Å². The third kappa shape index (κ3) is 2.51. The molecule has 122 valence electrons. The average Bonchev–Trinajstić information content (AvgIpc) is 2.99. The Morgan fingerprint density at radius 1 is 0.958 bits per heavy atom. The molecule has 5 heteroatoms. The van der Waals surface area contributed by atoms with Crippen molar-refractivity contribution in [1.82, 2.24) is 9.88 Å². The fourth-order valence-corrected chi connectivity index (χ4v) is 3.24. The van der Waals surface area contributed by atoms with Crippen LogP contribution >= 0.6 is 0 Å². The van der Waals surface area contributed by atoms with Crippen LogP contribution in [0.25, 0.3) is 5.69 Å². The van der Waals surface area contributed by atoms with Crippen LogP contribution in [-0.2, 0) is 12.7 Å². The summed E-state index contributed by atoms with van der Waals surface area (Å²) in [6.07, 6.45) is -2.40. The molecule has 1 atom stereocenters. The quantitative estimate of drug-likeness (QED) is 0.686. The zero-order valence-corrected chi connectivity index (χ0v) is 12.7. The van der Waals surface area contributed by atoms with Crippen molar-refractivity contribution < 1.29 is 13.2 Å². The fourth-order valence-electron chi connectivity index (χ4n) is 3.24. The largest absolute Gasteiger partial charge is 0.416 e. The minimum atomic E-state index is -4.34. The van der Waals surface area contributed by atoms with Crippen molar-refractivity contribution in [2.75, 3.05) is 0 Å². The number of hydrogen-bond acceptors (Lipinski definition) is 1. The molecule has 0 bridgehead atoms. The predicted molar refractivity (Wildman–Crippen MR) is 85.9 cm³/mol. The van der Waals surface area contributed by atoms with Crippen molar-refractivity contribution in [2.45, 2.75) is 18.8 Å². The van der Waals surface area contributed by atoms with E-state index in [9.17, 15) is 13.2 Å². The topological polar surface area (TPSA) is 17.0 Å². The van der Waals surface area contributed by atoms with Crippen LogP contribution in [0, 0.1) is 0 Å². The monoisotopic (exact) mass is 328 g/mol. The molecule has 1 aliphatic heterocycles. The minimum absolute atomic E-state index is 0.297. The lowest BCUT2D eigenvalue weighted by Crippen LogP contribution is -2.21. The number of para-hydroxylation sites is 1. The van der Waals surface area contributed by atoms with Gasteiger partial charge >= 0.3 is 6.18 Å². The number of nitrogens with one attached hydrogen (secondary N) is 1. The lowest BCUT2D eigenvalue weighted by molar-refractivity contribution is -0.137. The zero-order chi connectivity index (χ0) is 16.7. The van der Waals surface area contributed by atoms with Gasteiger partial charge in [-0.2, -0.15) is 13.2 Å². The second-order valence-electron chi connectivity index (χ2n) is 5.87.